The lowest BCUT2D eigenvalue weighted by atomic mass is 10.1. The van der Waals surface area contributed by atoms with Crippen molar-refractivity contribution in [2.24, 2.45) is 0 Å². The molecule has 0 N–H and O–H groups in total. The molecule has 4 heteroatoms. The monoisotopic (exact) mass is 493 g/mol. The smallest absolute Gasteiger partial charge is 0.225 e. The Bertz CT molecular complexity index is 1050. The Kier molecular flexibility index (Phi) is 6.42. The topological polar surface area (TPSA) is 31.4 Å². The van der Waals surface area contributed by atoms with Crippen molar-refractivity contribution in [3.63, 3.8) is 0 Å². The fourth-order valence-corrected chi connectivity index (χ4v) is 3.28. The van der Waals surface area contributed by atoms with Crippen LogP contribution in [0.25, 0.3) is 11.1 Å². The van der Waals surface area contributed by atoms with E-state index in [0.29, 0.717) is 25.0 Å². The summed E-state index contributed by atoms with van der Waals surface area (Å²) in [6.45, 7) is 0.919. The van der Waals surface area contributed by atoms with Gasteiger partial charge in [0.25, 0.3) is 0 Å². The van der Waals surface area contributed by atoms with Gasteiger partial charge in [-0.1, -0.05) is 72.8 Å². The first-order chi connectivity index (χ1) is 14.3. The van der Waals surface area contributed by atoms with Gasteiger partial charge in [-0.25, -0.2) is 0 Å². The van der Waals surface area contributed by atoms with E-state index in [-0.39, 0.29) is 0 Å². The molecule has 0 aliphatic heterocycles. The van der Waals surface area contributed by atoms with Crippen LogP contribution in [-0.2, 0) is 13.2 Å². The molecular formula is C25H20INO2. The standard InChI is InChI=1S/C25H20INO2/c26-22-13-11-21(12-14-22)23-15-16-24(28-17-19-7-3-1-4-8-19)27-25(23)29-18-20-9-5-2-6-10-20/h1-16H,17-18H2. The minimum atomic E-state index is 0.452. The van der Waals surface area contributed by atoms with E-state index in [0.717, 1.165) is 22.3 Å². The molecule has 0 atom stereocenters. The molecule has 0 saturated heterocycles. The third kappa shape index (κ3) is 5.35. The van der Waals surface area contributed by atoms with Crippen molar-refractivity contribution in [1.82, 2.24) is 4.98 Å². The summed E-state index contributed by atoms with van der Waals surface area (Å²) < 4.78 is 13.2. The van der Waals surface area contributed by atoms with Crippen LogP contribution in [0.5, 0.6) is 11.8 Å². The highest BCUT2D eigenvalue weighted by Gasteiger charge is 2.11. The van der Waals surface area contributed by atoms with Crippen molar-refractivity contribution >= 4 is 22.6 Å². The molecular weight excluding hydrogens is 473 g/mol. The zero-order valence-corrected chi connectivity index (χ0v) is 18.0. The fraction of sp³-hybridized carbons (Fsp3) is 0.0800. The van der Waals surface area contributed by atoms with E-state index < -0.39 is 0 Å². The van der Waals surface area contributed by atoms with Gasteiger partial charge in [0.1, 0.15) is 13.2 Å². The first kappa shape index (κ1) is 19.5. The van der Waals surface area contributed by atoms with Crippen LogP contribution in [0, 0.1) is 3.57 Å². The van der Waals surface area contributed by atoms with Gasteiger partial charge >= 0.3 is 0 Å². The van der Waals surface area contributed by atoms with Crippen LogP contribution < -0.4 is 9.47 Å². The normalized spacial score (nSPS) is 10.5. The van der Waals surface area contributed by atoms with Gasteiger partial charge in [-0.3, -0.25) is 0 Å². The molecule has 4 aromatic rings. The molecule has 0 spiro atoms. The highest BCUT2D eigenvalue weighted by Crippen LogP contribution is 2.31. The molecule has 1 aromatic heterocycles. The van der Waals surface area contributed by atoms with E-state index in [1.807, 2.05) is 72.8 Å². The first-order valence-electron chi connectivity index (χ1n) is 9.38. The maximum Gasteiger partial charge on any atom is 0.225 e. The number of rotatable bonds is 7. The fourth-order valence-electron chi connectivity index (χ4n) is 2.92. The van der Waals surface area contributed by atoms with E-state index in [4.69, 9.17) is 9.47 Å². The molecule has 0 unspecified atom stereocenters. The molecule has 0 bridgehead atoms. The SMILES string of the molecule is Ic1ccc(-c2ccc(OCc3ccccc3)nc2OCc2ccccc2)cc1. The van der Waals surface area contributed by atoms with E-state index in [9.17, 15) is 0 Å². The van der Waals surface area contributed by atoms with Gasteiger partial charge in [-0.2, -0.15) is 4.98 Å². The molecule has 0 aliphatic rings. The third-order valence-electron chi connectivity index (χ3n) is 4.44. The van der Waals surface area contributed by atoms with Gasteiger partial charge in [-0.15, -0.1) is 0 Å². The summed E-state index contributed by atoms with van der Waals surface area (Å²) in [4.78, 5) is 4.66. The number of halogens is 1. The van der Waals surface area contributed by atoms with Crippen molar-refractivity contribution in [1.29, 1.82) is 0 Å². The Balaban J connectivity index is 1.58. The van der Waals surface area contributed by atoms with Gasteiger partial charge in [0.2, 0.25) is 11.8 Å². The predicted octanol–water partition coefficient (Wildman–Crippen LogP) is 6.51. The third-order valence-corrected chi connectivity index (χ3v) is 5.16. The number of benzene rings is 3. The average molecular weight is 493 g/mol. The van der Waals surface area contributed by atoms with E-state index >= 15 is 0 Å². The maximum absolute atomic E-state index is 6.11. The van der Waals surface area contributed by atoms with Crippen LogP contribution in [0.15, 0.2) is 97.1 Å². The molecule has 4 rings (SSSR count). The number of pyridine rings is 1. The van der Waals surface area contributed by atoms with Crippen LogP contribution in [0.1, 0.15) is 11.1 Å². The minimum absolute atomic E-state index is 0.452. The molecule has 0 aliphatic carbocycles. The van der Waals surface area contributed by atoms with Gasteiger partial charge in [0.05, 0.1) is 0 Å². The second-order valence-electron chi connectivity index (χ2n) is 6.56. The largest absolute Gasteiger partial charge is 0.473 e. The molecule has 3 aromatic carbocycles. The second-order valence-corrected chi connectivity index (χ2v) is 7.80. The Morgan fingerprint density at radius 3 is 1.83 bits per heavy atom. The molecule has 3 nitrogen and oxygen atoms in total. The predicted molar refractivity (Wildman–Crippen MR) is 124 cm³/mol. The van der Waals surface area contributed by atoms with Gasteiger partial charge < -0.3 is 9.47 Å². The van der Waals surface area contributed by atoms with Gasteiger partial charge in [-0.05, 0) is 57.5 Å². The first-order valence-corrected chi connectivity index (χ1v) is 10.5. The Hall–Kier alpha value is -2.86. The van der Waals surface area contributed by atoms with Crippen molar-refractivity contribution in [3.8, 4) is 22.9 Å². The van der Waals surface area contributed by atoms with Crippen molar-refractivity contribution in [2.45, 2.75) is 13.2 Å². The summed E-state index contributed by atoms with van der Waals surface area (Å²) in [5.74, 6) is 1.12. The lowest BCUT2D eigenvalue weighted by Gasteiger charge is -2.13. The summed E-state index contributed by atoms with van der Waals surface area (Å²) in [6, 6.07) is 32.4. The van der Waals surface area contributed by atoms with Crippen LogP contribution in [0.2, 0.25) is 0 Å². The zero-order valence-electron chi connectivity index (χ0n) is 15.8. The van der Waals surface area contributed by atoms with E-state index in [1.54, 1.807) is 0 Å². The van der Waals surface area contributed by atoms with Crippen LogP contribution in [-0.4, -0.2) is 4.98 Å². The summed E-state index contributed by atoms with van der Waals surface area (Å²) in [7, 11) is 0. The molecule has 0 radical (unpaired) electrons. The quantitative estimate of drug-likeness (QED) is 0.275. The van der Waals surface area contributed by atoms with Gasteiger partial charge in [0, 0.05) is 15.2 Å². The summed E-state index contributed by atoms with van der Waals surface area (Å²) >= 11 is 2.30. The maximum atomic E-state index is 6.11. The van der Waals surface area contributed by atoms with Crippen LogP contribution >= 0.6 is 22.6 Å². The molecule has 0 amide bonds. The van der Waals surface area contributed by atoms with Crippen LogP contribution in [0.3, 0.4) is 0 Å². The van der Waals surface area contributed by atoms with E-state index in [1.165, 1.54) is 3.57 Å². The minimum Gasteiger partial charge on any atom is -0.473 e. The second kappa shape index (κ2) is 9.56. The summed E-state index contributed by atoms with van der Waals surface area (Å²) in [6.07, 6.45) is 0. The lowest BCUT2D eigenvalue weighted by molar-refractivity contribution is 0.268. The Morgan fingerprint density at radius 1 is 0.621 bits per heavy atom. The van der Waals surface area contributed by atoms with Crippen molar-refractivity contribution in [3.05, 3.63) is 112 Å². The zero-order chi connectivity index (χ0) is 19.9. The number of hydrogen-bond acceptors (Lipinski definition) is 3. The average Bonchev–Trinajstić information content (AvgIpc) is 2.78. The number of ether oxygens (including phenoxy) is 2. The van der Waals surface area contributed by atoms with Crippen LogP contribution in [0.4, 0.5) is 0 Å². The number of aromatic nitrogens is 1. The van der Waals surface area contributed by atoms with Crippen molar-refractivity contribution < 1.29 is 9.47 Å². The highest BCUT2D eigenvalue weighted by atomic mass is 127. The van der Waals surface area contributed by atoms with Gasteiger partial charge in [0.15, 0.2) is 0 Å². The summed E-state index contributed by atoms with van der Waals surface area (Å²) in [5, 5.41) is 0. The molecule has 144 valence electrons. The lowest BCUT2D eigenvalue weighted by Crippen LogP contribution is -2.02. The number of hydrogen-bond donors (Lipinski definition) is 0. The molecule has 0 fully saturated rings. The highest BCUT2D eigenvalue weighted by molar-refractivity contribution is 14.1. The van der Waals surface area contributed by atoms with E-state index in [2.05, 4.69) is 51.8 Å². The molecule has 29 heavy (non-hydrogen) atoms. The Labute approximate surface area is 184 Å². The Morgan fingerprint density at radius 2 is 1.21 bits per heavy atom. The molecule has 1 heterocycles. The van der Waals surface area contributed by atoms with Crippen molar-refractivity contribution in [2.75, 3.05) is 0 Å². The molecule has 0 saturated carbocycles. The summed E-state index contributed by atoms with van der Waals surface area (Å²) in [5.41, 5.74) is 4.21. The number of nitrogens with zero attached hydrogens (tertiary/aromatic N) is 1.